The van der Waals surface area contributed by atoms with E-state index in [0.29, 0.717) is 5.69 Å². The number of Topliss-reactive ketones (excluding diaryl/α,β-unsaturated/α-hetero) is 1. The molecule has 0 radical (unpaired) electrons. The zero-order chi connectivity index (χ0) is 11.5. The van der Waals surface area contributed by atoms with E-state index in [9.17, 15) is 4.79 Å². The summed E-state index contributed by atoms with van der Waals surface area (Å²) in [5, 5.41) is 4.16. The molecule has 1 aromatic heterocycles. The Morgan fingerprint density at radius 2 is 2.19 bits per heavy atom. The highest BCUT2D eigenvalue weighted by Crippen LogP contribution is 2.24. The Kier molecular flexibility index (Phi) is 3.39. The Bertz CT molecular complexity index is 372. The fourth-order valence-corrected chi connectivity index (χ4v) is 2.40. The van der Waals surface area contributed by atoms with Gasteiger partial charge in [-0.3, -0.25) is 9.48 Å². The third-order valence-corrected chi connectivity index (χ3v) is 3.37. The number of ketones is 1. The van der Waals surface area contributed by atoms with Crippen LogP contribution in [0, 0.1) is 5.92 Å². The Labute approximate surface area is 95.8 Å². The molecule has 1 aliphatic rings. The van der Waals surface area contributed by atoms with Gasteiger partial charge in [0.05, 0.1) is 0 Å². The molecule has 1 saturated carbocycles. The van der Waals surface area contributed by atoms with Crippen LogP contribution in [0.25, 0.3) is 0 Å². The van der Waals surface area contributed by atoms with Crippen LogP contribution >= 0.6 is 0 Å². The molecule has 88 valence electrons. The summed E-state index contributed by atoms with van der Waals surface area (Å²) in [6.45, 7) is 0. The van der Waals surface area contributed by atoms with Gasteiger partial charge in [-0.1, -0.05) is 19.3 Å². The molecule has 0 bridgehead atoms. The molecular weight excluding hydrogens is 202 g/mol. The van der Waals surface area contributed by atoms with Gasteiger partial charge in [0, 0.05) is 25.2 Å². The lowest BCUT2D eigenvalue weighted by Crippen LogP contribution is -2.34. The minimum atomic E-state index is -0.0302. The number of aryl methyl sites for hydroxylation is 1. The second-order valence-corrected chi connectivity index (χ2v) is 4.65. The van der Waals surface area contributed by atoms with Gasteiger partial charge >= 0.3 is 0 Å². The van der Waals surface area contributed by atoms with E-state index in [1.807, 2.05) is 7.05 Å². The summed E-state index contributed by atoms with van der Waals surface area (Å²) in [6.07, 6.45) is 7.12. The maximum absolute atomic E-state index is 12.2. The average Bonchev–Trinajstić information content (AvgIpc) is 2.57. The molecule has 4 nitrogen and oxygen atoms in total. The average molecular weight is 221 g/mol. The van der Waals surface area contributed by atoms with Gasteiger partial charge < -0.3 is 5.73 Å². The Balaban J connectivity index is 2.13. The minimum Gasteiger partial charge on any atom is -0.327 e. The lowest BCUT2D eigenvalue weighted by molar-refractivity contribution is 0.0889. The van der Waals surface area contributed by atoms with Gasteiger partial charge in [0.2, 0.25) is 0 Å². The standard InChI is InChI=1S/C12H19N3O/c1-15-8-7-11(14-15)12(16)9-5-3-2-4-6-10(9)13/h7-10H,2-6,13H2,1H3. The molecule has 16 heavy (non-hydrogen) atoms. The first-order valence-electron chi connectivity index (χ1n) is 5.98. The fraction of sp³-hybridized carbons (Fsp3) is 0.667. The number of aromatic nitrogens is 2. The second-order valence-electron chi connectivity index (χ2n) is 4.65. The maximum Gasteiger partial charge on any atom is 0.187 e. The van der Waals surface area contributed by atoms with E-state index in [2.05, 4.69) is 5.10 Å². The molecule has 4 heteroatoms. The lowest BCUT2D eigenvalue weighted by atomic mass is 9.90. The second kappa shape index (κ2) is 4.78. The van der Waals surface area contributed by atoms with Crippen LogP contribution in [0.1, 0.15) is 42.6 Å². The number of carbonyl (C=O) groups excluding carboxylic acids is 1. The summed E-state index contributed by atoms with van der Waals surface area (Å²) in [4.78, 5) is 12.2. The molecule has 0 saturated heterocycles. The number of hydrogen-bond acceptors (Lipinski definition) is 3. The van der Waals surface area contributed by atoms with E-state index in [1.54, 1.807) is 16.9 Å². The number of nitrogens with zero attached hydrogens (tertiary/aromatic N) is 2. The molecule has 0 aromatic carbocycles. The van der Waals surface area contributed by atoms with E-state index in [1.165, 1.54) is 6.42 Å². The van der Waals surface area contributed by atoms with Crippen LogP contribution in [0.2, 0.25) is 0 Å². The van der Waals surface area contributed by atoms with Crippen molar-refractivity contribution in [3.63, 3.8) is 0 Å². The summed E-state index contributed by atoms with van der Waals surface area (Å²) in [6, 6.07) is 1.79. The zero-order valence-electron chi connectivity index (χ0n) is 9.72. The van der Waals surface area contributed by atoms with Crippen LogP contribution in [0.4, 0.5) is 0 Å². The van der Waals surface area contributed by atoms with Crippen molar-refractivity contribution in [2.45, 2.75) is 38.1 Å². The summed E-state index contributed by atoms with van der Waals surface area (Å²) in [5.74, 6) is 0.0902. The molecule has 2 rings (SSSR count). The first-order chi connectivity index (χ1) is 7.68. The van der Waals surface area contributed by atoms with Crippen molar-refractivity contribution >= 4 is 5.78 Å². The summed E-state index contributed by atoms with van der Waals surface area (Å²) < 4.78 is 1.66. The quantitative estimate of drug-likeness (QED) is 0.608. The van der Waals surface area contributed by atoms with Crippen LogP contribution in [0.3, 0.4) is 0 Å². The molecule has 0 aliphatic heterocycles. The number of carbonyl (C=O) groups is 1. The molecule has 2 atom stereocenters. The van der Waals surface area contributed by atoms with Crippen molar-refractivity contribution in [2.75, 3.05) is 0 Å². The normalized spacial score (nSPS) is 26.4. The Hall–Kier alpha value is -1.16. The number of rotatable bonds is 2. The molecule has 1 fully saturated rings. The largest absolute Gasteiger partial charge is 0.327 e. The highest BCUT2D eigenvalue weighted by atomic mass is 16.1. The van der Waals surface area contributed by atoms with Crippen molar-refractivity contribution in [3.05, 3.63) is 18.0 Å². The summed E-state index contributed by atoms with van der Waals surface area (Å²) >= 11 is 0. The van der Waals surface area contributed by atoms with Gasteiger partial charge in [0.15, 0.2) is 5.78 Å². The van der Waals surface area contributed by atoms with Crippen molar-refractivity contribution in [1.29, 1.82) is 0 Å². The molecule has 1 aliphatic carbocycles. The number of nitrogens with two attached hydrogens (primary N) is 1. The van der Waals surface area contributed by atoms with Gasteiger partial charge in [-0.2, -0.15) is 5.10 Å². The van der Waals surface area contributed by atoms with Gasteiger partial charge in [0.25, 0.3) is 0 Å². The molecular formula is C12H19N3O. The van der Waals surface area contributed by atoms with E-state index >= 15 is 0 Å². The lowest BCUT2D eigenvalue weighted by Gasteiger charge is -2.18. The highest BCUT2D eigenvalue weighted by molar-refractivity contribution is 5.96. The smallest absolute Gasteiger partial charge is 0.187 e. The third kappa shape index (κ3) is 2.32. The Morgan fingerprint density at radius 1 is 1.44 bits per heavy atom. The highest BCUT2D eigenvalue weighted by Gasteiger charge is 2.28. The summed E-state index contributed by atoms with van der Waals surface area (Å²) in [5.41, 5.74) is 6.63. The van der Waals surface area contributed by atoms with Crippen LogP contribution < -0.4 is 5.73 Å². The van der Waals surface area contributed by atoms with Crippen LogP contribution in [0.15, 0.2) is 12.3 Å². The van der Waals surface area contributed by atoms with Gasteiger partial charge in [-0.15, -0.1) is 0 Å². The van der Waals surface area contributed by atoms with Gasteiger partial charge in [-0.05, 0) is 18.9 Å². The molecule has 1 heterocycles. The third-order valence-electron chi connectivity index (χ3n) is 3.37. The van der Waals surface area contributed by atoms with Crippen molar-refractivity contribution < 1.29 is 4.79 Å². The molecule has 1 aromatic rings. The summed E-state index contributed by atoms with van der Waals surface area (Å²) in [7, 11) is 1.82. The molecule has 2 N–H and O–H groups in total. The molecule has 2 unspecified atom stereocenters. The van der Waals surface area contributed by atoms with Crippen LogP contribution in [-0.2, 0) is 7.05 Å². The van der Waals surface area contributed by atoms with Crippen molar-refractivity contribution in [3.8, 4) is 0 Å². The minimum absolute atomic E-state index is 0.0111. The van der Waals surface area contributed by atoms with Crippen molar-refractivity contribution in [1.82, 2.24) is 9.78 Å². The first-order valence-corrected chi connectivity index (χ1v) is 5.98. The van der Waals surface area contributed by atoms with E-state index in [0.717, 1.165) is 25.7 Å². The van der Waals surface area contributed by atoms with Crippen molar-refractivity contribution in [2.24, 2.45) is 18.7 Å². The fourth-order valence-electron chi connectivity index (χ4n) is 2.40. The Morgan fingerprint density at radius 3 is 2.88 bits per heavy atom. The topological polar surface area (TPSA) is 60.9 Å². The predicted molar refractivity (Wildman–Crippen MR) is 62.1 cm³/mol. The van der Waals surface area contributed by atoms with E-state index in [-0.39, 0.29) is 17.7 Å². The molecule has 0 amide bonds. The van der Waals surface area contributed by atoms with E-state index in [4.69, 9.17) is 5.73 Å². The monoisotopic (exact) mass is 221 g/mol. The van der Waals surface area contributed by atoms with Gasteiger partial charge in [0.1, 0.15) is 5.69 Å². The zero-order valence-corrected chi connectivity index (χ0v) is 9.72. The number of hydrogen-bond donors (Lipinski definition) is 1. The van der Waals surface area contributed by atoms with Gasteiger partial charge in [-0.25, -0.2) is 0 Å². The SMILES string of the molecule is Cn1ccc(C(=O)C2CCCCCC2N)n1. The van der Waals surface area contributed by atoms with E-state index < -0.39 is 0 Å². The van der Waals surface area contributed by atoms with Crippen LogP contribution in [0.5, 0.6) is 0 Å². The predicted octanol–water partition coefficient (Wildman–Crippen LogP) is 1.51. The molecule has 0 spiro atoms. The van der Waals surface area contributed by atoms with Crippen LogP contribution in [-0.4, -0.2) is 21.6 Å². The maximum atomic E-state index is 12.2. The first kappa shape index (κ1) is 11.3.